The lowest BCUT2D eigenvalue weighted by Crippen LogP contribution is -2.18. The highest BCUT2D eigenvalue weighted by Gasteiger charge is 2.22. The topological polar surface area (TPSA) is 21.3 Å². The molecule has 0 heterocycles. The Hall–Kier alpha value is -1.02. The highest BCUT2D eigenvalue weighted by atomic mass is 16.5. The van der Waals surface area contributed by atoms with Crippen molar-refractivity contribution in [3.05, 3.63) is 29.3 Å². The molecule has 17 heavy (non-hydrogen) atoms. The van der Waals surface area contributed by atoms with Gasteiger partial charge < -0.3 is 10.1 Å². The molecule has 1 N–H and O–H groups in total. The molecule has 1 fully saturated rings. The zero-order valence-electron chi connectivity index (χ0n) is 11.1. The molecule has 0 amide bonds. The van der Waals surface area contributed by atoms with Crippen LogP contribution in [0.15, 0.2) is 18.2 Å². The van der Waals surface area contributed by atoms with E-state index in [1.165, 1.54) is 24.0 Å². The number of nitrogens with one attached hydrogen (secondary N) is 1. The first-order valence-electron chi connectivity index (χ1n) is 6.67. The maximum atomic E-state index is 5.97. The van der Waals surface area contributed by atoms with E-state index in [-0.39, 0.29) is 0 Å². The van der Waals surface area contributed by atoms with Crippen molar-refractivity contribution in [2.45, 2.75) is 39.7 Å². The van der Waals surface area contributed by atoms with Crippen molar-refractivity contribution in [1.29, 1.82) is 0 Å². The standard InChI is InChI=1S/C15H23NO/c1-4-16-12(3)14-8-5-11(2)9-15(14)17-10-13-6-7-13/h5,8-9,12-13,16H,4,6-7,10H2,1-3H3. The summed E-state index contributed by atoms with van der Waals surface area (Å²) in [6.45, 7) is 8.31. The molecule has 1 saturated carbocycles. The summed E-state index contributed by atoms with van der Waals surface area (Å²) in [5.41, 5.74) is 2.54. The Morgan fingerprint density at radius 3 is 2.82 bits per heavy atom. The minimum absolute atomic E-state index is 0.356. The first-order valence-corrected chi connectivity index (χ1v) is 6.67. The normalized spacial score (nSPS) is 16.9. The van der Waals surface area contributed by atoms with Crippen LogP contribution in [0, 0.1) is 12.8 Å². The summed E-state index contributed by atoms with van der Waals surface area (Å²) in [6.07, 6.45) is 2.67. The Morgan fingerprint density at radius 1 is 1.41 bits per heavy atom. The Kier molecular flexibility index (Phi) is 4.06. The van der Waals surface area contributed by atoms with Crippen molar-refractivity contribution in [3.63, 3.8) is 0 Å². The molecule has 0 aliphatic heterocycles. The molecule has 1 aromatic carbocycles. The zero-order chi connectivity index (χ0) is 12.3. The molecule has 1 atom stereocenters. The van der Waals surface area contributed by atoms with Gasteiger partial charge in [-0.2, -0.15) is 0 Å². The molecular weight excluding hydrogens is 210 g/mol. The lowest BCUT2D eigenvalue weighted by atomic mass is 10.0. The minimum atomic E-state index is 0.356. The average Bonchev–Trinajstić information content (AvgIpc) is 3.10. The van der Waals surface area contributed by atoms with Crippen molar-refractivity contribution in [1.82, 2.24) is 5.32 Å². The van der Waals surface area contributed by atoms with E-state index in [4.69, 9.17) is 4.74 Å². The molecule has 1 aliphatic rings. The van der Waals surface area contributed by atoms with E-state index >= 15 is 0 Å². The van der Waals surface area contributed by atoms with Gasteiger partial charge in [-0.1, -0.05) is 19.1 Å². The van der Waals surface area contributed by atoms with E-state index in [2.05, 4.69) is 44.3 Å². The van der Waals surface area contributed by atoms with Crippen LogP contribution in [0.3, 0.4) is 0 Å². The van der Waals surface area contributed by atoms with Crippen LogP contribution in [-0.4, -0.2) is 13.2 Å². The van der Waals surface area contributed by atoms with Gasteiger partial charge in [0.2, 0.25) is 0 Å². The van der Waals surface area contributed by atoms with Gasteiger partial charge >= 0.3 is 0 Å². The van der Waals surface area contributed by atoms with Gasteiger partial charge in [0.05, 0.1) is 6.61 Å². The molecule has 1 aliphatic carbocycles. The number of aryl methyl sites for hydroxylation is 1. The van der Waals surface area contributed by atoms with Gasteiger partial charge in [0.25, 0.3) is 0 Å². The van der Waals surface area contributed by atoms with Gasteiger partial charge in [0.15, 0.2) is 0 Å². The third-order valence-electron chi connectivity index (χ3n) is 3.32. The number of ether oxygens (including phenoxy) is 1. The molecular formula is C15H23NO. The van der Waals surface area contributed by atoms with Crippen molar-refractivity contribution >= 4 is 0 Å². The van der Waals surface area contributed by atoms with E-state index in [9.17, 15) is 0 Å². The number of hydrogen-bond donors (Lipinski definition) is 1. The number of benzene rings is 1. The summed E-state index contributed by atoms with van der Waals surface area (Å²) in [4.78, 5) is 0. The number of hydrogen-bond acceptors (Lipinski definition) is 2. The fourth-order valence-electron chi connectivity index (χ4n) is 2.03. The summed E-state index contributed by atoms with van der Waals surface area (Å²) in [7, 11) is 0. The van der Waals surface area contributed by atoms with Crippen LogP contribution in [0.5, 0.6) is 5.75 Å². The van der Waals surface area contributed by atoms with E-state index in [0.29, 0.717) is 6.04 Å². The molecule has 94 valence electrons. The van der Waals surface area contributed by atoms with Crippen LogP contribution < -0.4 is 10.1 Å². The highest BCUT2D eigenvalue weighted by molar-refractivity contribution is 5.39. The maximum absolute atomic E-state index is 5.97. The van der Waals surface area contributed by atoms with Gasteiger partial charge in [-0.3, -0.25) is 0 Å². The van der Waals surface area contributed by atoms with Crippen LogP contribution in [0.25, 0.3) is 0 Å². The summed E-state index contributed by atoms with van der Waals surface area (Å²) in [5, 5.41) is 3.44. The molecule has 2 rings (SSSR count). The quantitative estimate of drug-likeness (QED) is 0.812. The maximum Gasteiger partial charge on any atom is 0.124 e. The molecule has 0 saturated heterocycles. The second kappa shape index (κ2) is 5.54. The van der Waals surface area contributed by atoms with Crippen LogP contribution in [-0.2, 0) is 0 Å². The Morgan fingerprint density at radius 2 is 2.18 bits per heavy atom. The molecule has 0 aromatic heterocycles. The zero-order valence-corrected chi connectivity index (χ0v) is 11.1. The molecule has 2 nitrogen and oxygen atoms in total. The molecule has 1 aromatic rings. The van der Waals surface area contributed by atoms with E-state index < -0.39 is 0 Å². The Bertz CT molecular complexity index is 371. The minimum Gasteiger partial charge on any atom is -0.493 e. The van der Waals surface area contributed by atoms with Gasteiger partial charge in [0, 0.05) is 11.6 Å². The molecule has 2 heteroatoms. The lowest BCUT2D eigenvalue weighted by Gasteiger charge is -2.18. The SMILES string of the molecule is CCNC(C)c1ccc(C)cc1OCC1CC1. The third kappa shape index (κ3) is 3.47. The fourth-order valence-corrected chi connectivity index (χ4v) is 2.03. The lowest BCUT2D eigenvalue weighted by molar-refractivity contribution is 0.294. The van der Waals surface area contributed by atoms with Gasteiger partial charge in [0.1, 0.15) is 5.75 Å². The van der Waals surface area contributed by atoms with Crippen LogP contribution in [0.4, 0.5) is 0 Å². The summed E-state index contributed by atoms with van der Waals surface area (Å²) >= 11 is 0. The van der Waals surface area contributed by atoms with E-state index in [1.807, 2.05) is 0 Å². The van der Waals surface area contributed by atoms with Crippen molar-refractivity contribution < 1.29 is 4.74 Å². The predicted molar refractivity (Wildman–Crippen MR) is 71.5 cm³/mol. The number of rotatable bonds is 6. The van der Waals surface area contributed by atoms with Crippen LogP contribution >= 0.6 is 0 Å². The molecule has 1 unspecified atom stereocenters. The predicted octanol–water partition coefficient (Wildman–Crippen LogP) is 3.45. The van der Waals surface area contributed by atoms with Crippen molar-refractivity contribution in [2.75, 3.05) is 13.2 Å². The summed E-state index contributed by atoms with van der Waals surface area (Å²) in [6, 6.07) is 6.86. The van der Waals surface area contributed by atoms with Crippen molar-refractivity contribution in [2.24, 2.45) is 5.92 Å². The molecule has 0 bridgehead atoms. The summed E-state index contributed by atoms with van der Waals surface area (Å²) in [5.74, 6) is 1.86. The Labute approximate surface area is 104 Å². The largest absolute Gasteiger partial charge is 0.493 e. The third-order valence-corrected chi connectivity index (χ3v) is 3.32. The Balaban J connectivity index is 2.10. The van der Waals surface area contributed by atoms with E-state index in [0.717, 1.165) is 24.8 Å². The second-order valence-electron chi connectivity index (χ2n) is 5.08. The smallest absolute Gasteiger partial charge is 0.124 e. The monoisotopic (exact) mass is 233 g/mol. The molecule has 0 spiro atoms. The first kappa shape index (κ1) is 12.4. The van der Waals surface area contributed by atoms with Gasteiger partial charge in [-0.15, -0.1) is 0 Å². The van der Waals surface area contributed by atoms with Crippen LogP contribution in [0.2, 0.25) is 0 Å². The van der Waals surface area contributed by atoms with Gasteiger partial charge in [-0.05, 0) is 50.8 Å². The molecule has 0 radical (unpaired) electrons. The van der Waals surface area contributed by atoms with E-state index in [1.54, 1.807) is 0 Å². The average molecular weight is 233 g/mol. The van der Waals surface area contributed by atoms with Crippen molar-refractivity contribution in [3.8, 4) is 5.75 Å². The second-order valence-corrected chi connectivity index (χ2v) is 5.08. The fraction of sp³-hybridized carbons (Fsp3) is 0.600. The van der Waals surface area contributed by atoms with Crippen LogP contribution in [0.1, 0.15) is 43.9 Å². The highest BCUT2D eigenvalue weighted by Crippen LogP contribution is 2.32. The first-order chi connectivity index (χ1) is 8.20. The summed E-state index contributed by atoms with van der Waals surface area (Å²) < 4.78 is 5.97. The van der Waals surface area contributed by atoms with Gasteiger partial charge in [-0.25, -0.2) is 0 Å².